The minimum absolute atomic E-state index is 0.349. The Kier molecular flexibility index (Phi) is 2.59. The van der Waals surface area contributed by atoms with Gasteiger partial charge in [0.1, 0.15) is 6.33 Å². The number of rotatable bonds is 2. The standard InChI is InChI=1S/C13H13N3O2/c1-2-18-13(17)12-11-6-5-9-10(4-3-7-14-9)16(11)8-15-12/h3-4,7-8H,2,5-6H2,1H3. The van der Waals surface area contributed by atoms with Gasteiger partial charge in [-0.05, 0) is 31.9 Å². The quantitative estimate of drug-likeness (QED) is 0.751. The summed E-state index contributed by atoms with van der Waals surface area (Å²) in [6.45, 7) is 2.16. The Morgan fingerprint density at radius 3 is 3.17 bits per heavy atom. The molecule has 0 amide bonds. The smallest absolute Gasteiger partial charge is 0.358 e. The first-order valence-corrected chi connectivity index (χ1v) is 5.99. The predicted molar refractivity (Wildman–Crippen MR) is 64.7 cm³/mol. The highest BCUT2D eigenvalue weighted by Gasteiger charge is 2.24. The summed E-state index contributed by atoms with van der Waals surface area (Å²) >= 11 is 0. The van der Waals surface area contributed by atoms with E-state index in [4.69, 9.17) is 4.74 Å². The van der Waals surface area contributed by atoms with Crippen molar-refractivity contribution in [2.45, 2.75) is 19.8 Å². The molecule has 0 aromatic carbocycles. The van der Waals surface area contributed by atoms with Gasteiger partial charge >= 0.3 is 5.97 Å². The molecule has 92 valence electrons. The van der Waals surface area contributed by atoms with Crippen LogP contribution in [0.15, 0.2) is 24.7 Å². The number of carbonyl (C=O) groups excluding carboxylic acids is 1. The Labute approximate surface area is 104 Å². The van der Waals surface area contributed by atoms with Gasteiger partial charge in [0.15, 0.2) is 5.69 Å². The van der Waals surface area contributed by atoms with Crippen LogP contribution >= 0.6 is 0 Å². The Morgan fingerprint density at radius 2 is 2.33 bits per heavy atom. The average Bonchev–Trinajstić information content (AvgIpc) is 2.83. The molecule has 1 aliphatic rings. The topological polar surface area (TPSA) is 57.0 Å². The van der Waals surface area contributed by atoms with E-state index >= 15 is 0 Å². The van der Waals surface area contributed by atoms with Crippen molar-refractivity contribution >= 4 is 5.97 Å². The van der Waals surface area contributed by atoms with Gasteiger partial charge < -0.3 is 9.30 Å². The summed E-state index contributed by atoms with van der Waals surface area (Å²) in [6.07, 6.45) is 5.04. The average molecular weight is 243 g/mol. The number of imidazole rings is 1. The highest BCUT2D eigenvalue weighted by molar-refractivity contribution is 5.88. The fraction of sp³-hybridized carbons (Fsp3) is 0.308. The van der Waals surface area contributed by atoms with E-state index in [0.29, 0.717) is 12.3 Å². The second-order valence-electron chi connectivity index (χ2n) is 4.10. The minimum atomic E-state index is -0.349. The third-order valence-corrected chi connectivity index (χ3v) is 3.06. The lowest BCUT2D eigenvalue weighted by Crippen LogP contribution is -2.16. The summed E-state index contributed by atoms with van der Waals surface area (Å²) in [5, 5.41) is 0. The monoisotopic (exact) mass is 243 g/mol. The number of ether oxygens (including phenoxy) is 1. The molecular formula is C13H13N3O2. The van der Waals surface area contributed by atoms with E-state index in [1.54, 1.807) is 19.4 Å². The van der Waals surface area contributed by atoms with Crippen LogP contribution in [0.3, 0.4) is 0 Å². The zero-order valence-electron chi connectivity index (χ0n) is 10.1. The molecule has 3 heterocycles. The molecule has 18 heavy (non-hydrogen) atoms. The third kappa shape index (κ3) is 1.59. The van der Waals surface area contributed by atoms with Gasteiger partial charge in [-0.25, -0.2) is 9.78 Å². The van der Waals surface area contributed by atoms with Crippen LogP contribution in [-0.2, 0) is 17.6 Å². The molecule has 0 saturated carbocycles. The molecule has 0 fully saturated rings. The number of pyridine rings is 1. The predicted octanol–water partition coefficient (Wildman–Crippen LogP) is 1.54. The number of hydrogen-bond acceptors (Lipinski definition) is 4. The van der Waals surface area contributed by atoms with E-state index < -0.39 is 0 Å². The number of fused-ring (bicyclic) bond motifs is 3. The number of esters is 1. The molecule has 0 saturated heterocycles. The Bertz CT molecular complexity index is 604. The molecule has 1 aliphatic heterocycles. The van der Waals surface area contributed by atoms with Crippen molar-refractivity contribution in [2.24, 2.45) is 0 Å². The van der Waals surface area contributed by atoms with E-state index in [0.717, 1.165) is 29.9 Å². The summed E-state index contributed by atoms with van der Waals surface area (Å²) in [6, 6.07) is 3.87. The van der Waals surface area contributed by atoms with Gasteiger partial charge in [-0.2, -0.15) is 0 Å². The van der Waals surface area contributed by atoms with Gasteiger partial charge in [0, 0.05) is 6.20 Å². The number of carbonyl (C=O) groups is 1. The Balaban J connectivity index is 2.07. The summed E-state index contributed by atoms with van der Waals surface area (Å²) in [4.78, 5) is 20.3. The van der Waals surface area contributed by atoms with Crippen molar-refractivity contribution in [3.63, 3.8) is 0 Å². The molecule has 0 spiro atoms. The van der Waals surface area contributed by atoms with E-state index in [-0.39, 0.29) is 5.97 Å². The lowest BCUT2D eigenvalue weighted by atomic mass is 10.1. The zero-order chi connectivity index (χ0) is 12.5. The van der Waals surface area contributed by atoms with Gasteiger partial charge in [-0.3, -0.25) is 4.98 Å². The van der Waals surface area contributed by atoms with E-state index in [2.05, 4.69) is 9.97 Å². The first-order valence-electron chi connectivity index (χ1n) is 5.99. The van der Waals surface area contributed by atoms with Crippen molar-refractivity contribution < 1.29 is 9.53 Å². The van der Waals surface area contributed by atoms with Crippen molar-refractivity contribution in [3.8, 4) is 5.69 Å². The van der Waals surface area contributed by atoms with Crippen LogP contribution in [0.2, 0.25) is 0 Å². The van der Waals surface area contributed by atoms with Crippen LogP contribution in [0.1, 0.15) is 28.8 Å². The van der Waals surface area contributed by atoms with Crippen LogP contribution in [0.25, 0.3) is 5.69 Å². The fourth-order valence-electron chi connectivity index (χ4n) is 2.27. The SMILES string of the molecule is CCOC(=O)c1ncn2c1CCc1ncccc1-2. The molecule has 0 bridgehead atoms. The Hall–Kier alpha value is -2.17. The van der Waals surface area contributed by atoms with E-state index in [9.17, 15) is 4.79 Å². The molecule has 0 atom stereocenters. The van der Waals surface area contributed by atoms with Gasteiger partial charge in [0.2, 0.25) is 0 Å². The first-order chi connectivity index (χ1) is 8.81. The van der Waals surface area contributed by atoms with Crippen LogP contribution in [0.5, 0.6) is 0 Å². The molecule has 0 N–H and O–H groups in total. The molecule has 2 aromatic rings. The lowest BCUT2D eigenvalue weighted by Gasteiger charge is -2.17. The zero-order valence-corrected chi connectivity index (χ0v) is 10.1. The summed E-state index contributed by atoms with van der Waals surface area (Å²) < 4.78 is 6.94. The Morgan fingerprint density at radius 1 is 1.44 bits per heavy atom. The highest BCUT2D eigenvalue weighted by atomic mass is 16.5. The van der Waals surface area contributed by atoms with Crippen LogP contribution in [0, 0.1) is 0 Å². The molecule has 0 radical (unpaired) electrons. The summed E-state index contributed by atoms with van der Waals surface area (Å²) in [5.74, 6) is -0.349. The normalized spacial score (nSPS) is 12.7. The van der Waals surface area contributed by atoms with Gasteiger partial charge in [0.25, 0.3) is 0 Å². The van der Waals surface area contributed by atoms with Crippen LogP contribution in [0.4, 0.5) is 0 Å². The molecule has 3 rings (SSSR count). The molecule has 5 heteroatoms. The molecule has 5 nitrogen and oxygen atoms in total. The summed E-state index contributed by atoms with van der Waals surface area (Å²) in [7, 11) is 0. The van der Waals surface area contributed by atoms with Crippen LogP contribution in [-0.4, -0.2) is 27.1 Å². The largest absolute Gasteiger partial charge is 0.461 e. The maximum absolute atomic E-state index is 11.8. The summed E-state index contributed by atoms with van der Waals surface area (Å²) in [5.41, 5.74) is 3.37. The molecule has 0 aliphatic carbocycles. The van der Waals surface area contributed by atoms with Gasteiger partial charge in [-0.1, -0.05) is 0 Å². The van der Waals surface area contributed by atoms with E-state index in [1.165, 1.54) is 0 Å². The number of aromatic nitrogens is 3. The molecule has 0 unspecified atom stereocenters. The molecular weight excluding hydrogens is 230 g/mol. The number of aryl methyl sites for hydroxylation is 1. The van der Waals surface area contributed by atoms with Gasteiger partial charge in [-0.15, -0.1) is 0 Å². The lowest BCUT2D eigenvalue weighted by molar-refractivity contribution is 0.0518. The van der Waals surface area contributed by atoms with Crippen molar-refractivity contribution in [3.05, 3.63) is 41.7 Å². The van der Waals surface area contributed by atoms with Crippen molar-refractivity contribution in [1.29, 1.82) is 0 Å². The van der Waals surface area contributed by atoms with Gasteiger partial charge in [0.05, 0.1) is 23.7 Å². The second kappa shape index (κ2) is 4.25. The minimum Gasteiger partial charge on any atom is -0.461 e. The van der Waals surface area contributed by atoms with E-state index in [1.807, 2.05) is 16.7 Å². The second-order valence-corrected chi connectivity index (χ2v) is 4.10. The molecule has 2 aromatic heterocycles. The number of hydrogen-bond donors (Lipinski definition) is 0. The number of nitrogens with zero attached hydrogens (tertiary/aromatic N) is 3. The van der Waals surface area contributed by atoms with Crippen molar-refractivity contribution in [2.75, 3.05) is 6.61 Å². The maximum atomic E-state index is 11.8. The first kappa shape index (κ1) is 11.0. The maximum Gasteiger partial charge on any atom is 0.358 e. The van der Waals surface area contributed by atoms with Crippen molar-refractivity contribution in [1.82, 2.24) is 14.5 Å². The van der Waals surface area contributed by atoms with Crippen LogP contribution < -0.4 is 0 Å². The third-order valence-electron chi connectivity index (χ3n) is 3.06. The fourth-order valence-corrected chi connectivity index (χ4v) is 2.27. The highest BCUT2D eigenvalue weighted by Crippen LogP contribution is 2.25.